The van der Waals surface area contributed by atoms with Gasteiger partial charge in [0.1, 0.15) is 17.1 Å². The van der Waals surface area contributed by atoms with Gasteiger partial charge in [-0.05, 0) is 31.2 Å². The number of esters is 1. The molecule has 0 aliphatic rings. The fraction of sp³-hybridized carbons (Fsp3) is 0.158. The summed E-state index contributed by atoms with van der Waals surface area (Å²) in [6.45, 7) is 1.92. The number of fused-ring (bicyclic) bond motifs is 1. The standard InChI is InChI=1S/C19H16ClFN2O3/c1-3-26-19(24)12-10-22-16-9-13(20)17(25-2)8-11(16)18(12)23-15-7-5-4-6-14(15)21/h4-10H,3H2,1-2H3,(H,22,23). The van der Waals surface area contributed by atoms with E-state index in [9.17, 15) is 9.18 Å². The number of carbonyl (C=O) groups excluding carboxylic acids is 1. The zero-order valence-electron chi connectivity index (χ0n) is 14.2. The lowest BCUT2D eigenvalue weighted by molar-refractivity contribution is 0.0527. The highest BCUT2D eigenvalue weighted by Crippen LogP contribution is 2.36. The summed E-state index contributed by atoms with van der Waals surface area (Å²) in [6, 6.07) is 9.45. The molecule has 0 bridgehead atoms. The quantitative estimate of drug-likeness (QED) is 0.640. The maximum Gasteiger partial charge on any atom is 0.341 e. The summed E-state index contributed by atoms with van der Waals surface area (Å²) in [6.07, 6.45) is 1.38. The number of aromatic nitrogens is 1. The van der Waals surface area contributed by atoms with E-state index in [1.54, 1.807) is 37.3 Å². The third-order valence-electron chi connectivity index (χ3n) is 3.77. The van der Waals surface area contributed by atoms with Gasteiger partial charge in [0, 0.05) is 11.6 Å². The van der Waals surface area contributed by atoms with Crippen LogP contribution in [0, 0.1) is 5.82 Å². The summed E-state index contributed by atoms with van der Waals surface area (Å²) < 4.78 is 24.5. The van der Waals surface area contributed by atoms with Gasteiger partial charge in [0.05, 0.1) is 35.6 Å². The Balaban J connectivity index is 2.24. The van der Waals surface area contributed by atoms with Crippen molar-refractivity contribution in [3.05, 3.63) is 59.0 Å². The van der Waals surface area contributed by atoms with E-state index < -0.39 is 11.8 Å². The number of anilines is 2. The lowest BCUT2D eigenvalue weighted by atomic mass is 10.1. The number of carbonyl (C=O) groups is 1. The average molecular weight is 375 g/mol. The Bertz CT molecular complexity index is 978. The number of nitrogens with one attached hydrogen (secondary N) is 1. The molecule has 1 aromatic heterocycles. The smallest absolute Gasteiger partial charge is 0.341 e. The van der Waals surface area contributed by atoms with Gasteiger partial charge in [0.15, 0.2) is 0 Å². The molecule has 0 atom stereocenters. The number of ether oxygens (including phenoxy) is 2. The van der Waals surface area contributed by atoms with Gasteiger partial charge >= 0.3 is 5.97 Å². The van der Waals surface area contributed by atoms with Crippen LogP contribution in [0.5, 0.6) is 5.75 Å². The van der Waals surface area contributed by atoms with Crippen molar-refractivity contribution in [2.45, 2.75) is 6.92 Å². The Kier molecular flexibility index (Phi) is 5.23. The molecule has 0 amide bonds. The molecule has 0 radical (unpaired) electrons. The number of pyridine rings is 1. The molecule has 0 fully saturated rings. The van der Waals surface area contributed by atoms with E-state index in [0.717, 1.165) is 0 Å². The van der Waals surface area contributed by atoms with Crippen LogP contribution in [-0.4, -0.2) is 24.7 Å². The second-order valence-corrected chi connectivity index (χ2v) is 5.78. The molecular weight excluding hydrogens is 359 g/mol. The molecule has 2 aromatic carbocycles. The van der Waals surface area contributed by atoms with Gasteiger partial charge < -0.3 is 14.8 Å². The van der Waals surface area contributed by atoms with Crippen molar-refractivity contribution >= 4 is 39.8 Å². The van der Waals surface area contributed by atoms with E-state index in [2.05, 4.69) is 10.3 Å². The number of para-hydroxylation sites is 1. The van der Waals surface area contributed by atoms with Crippen molar-refractivity contribution in [2.24, 2.45) is 0 Å². The molecule has 3 rings (SSSR count). The van der Waals surface area contributed by atoms with Gasteiger partial charge in [0.25, 0.3) is 0 Å². The third-order valence-corrected chi connectivity index (χ3v) is 4.07. The predicted molar refractivity (Wildman–Crippen MR) is 98.9 cm³/mol. The SMILES string of the molecule is CCOC(=O)c1cnc2cc(Cl)c(OC)cc2c1Nc1ccccc1F. The van der Waals surface area contributed by atoms with Gasteiger partial charge in [-0.25, -0.2) is 9.18 Å². The van der Waals surface area contributed by atoms with Gasteiger partial charge in [-0.2, -0.15) is 0 Å². The number of hydrogen-bond acceptors (Lipinski definition) is 5. The first-order valence-electron chi connectivity index (χ1n) is 7.90. The van der Waals surface area contributed by atoms with Crippen molar-refractivity contribution < 1.29 is 18.7 Å². The number of methoxy groups -OCH3 is 1. The van der Waals surface area contributed by atoms with Gasteiger partial charge in [0.2, 0.25) is 0 Å². The zero-order chi connectivity index (χ0) is 18.7. The molecular formula is C19H16ClFN2O3. The topological polar surface area (TPSA) is 60.5 Å². The summed E-state index contributed by atoms with van der Waals surface area (Å²) in [5, 5.41) is 3.92. The summed E-state index contributed by atoms with van der Waals surface area (Å²) >= 11 is 6.16. The van der Waals surface area contributed by atoms with Crippen molar-refractivity contribution in [1.29, 1.82) is 0 Å². The Labute approximate surface area is 154 Å². The highest BCUT2D eigenvalue weighted by Gasteiger charge is 2.19. The summed E-state index contributed by atoms with van der Waals surface area (Å²) in [4.78, 5) is 16.6. The van der Waals surface area contributed by atoms with Crippen LogP contribution in [0.1, 0.15) is 17.3 Å². The third kappa shape index (κ3) is 3.41. The molecule has 0 saturated heterocycles. The maximum absolute atomic E-state index is 14.1. The molecule has 5 nitrogen and oxygen atoms in total. The summed E-state index contributed by atoms with van der Waals surface area (Å²) in [5.74, 6) is -0.596. The highest BCUT2D eigenvalue weighted by molar-refractivity contribution is 6.33. The van der Waals surface area contributed by atoms with Crippen molar-refractivity contribution in [3.8, 4) is 5.75 Å². The molecule has 0 unspecified atom stereocenters. The van der Waals surface area contributed by atoms with Crippen LogP contribution < -0.4 is 10.1 Å². The first-order valence-corrected chi connectivity index (χ1v) is 8.27. The van der Waals surface area contributed by atoms with Crippen LogP contribution in [-0.2, 0) is 4.74 Å². The van der Waals surface area contributed by atoms with E-state index in [0.29, 0.717) is 27.4 Å². The fourth-order valence-corrected chi connectivity index (χ4v) is 2.78. The van der Waals surface area contributed by atoms with Crippen LogP contribution in [0.4, 0.5) is 15.8 Å². The predicted octanol–water partition coefficient (Wildman–Crippen LogP) is 4.96. The highest BCUT2D eigenvalue weighted by atomic mass is 35.5. The normalized spacial score (nSPS) is 10.6. The van der Waals surface area contributed by atoms with Crippen molar-refractivity contribution in [3.63, 3.8) is 0 Å². The van der Waals surface area contributed by atoms with E-state index in [1.807, 2.05) is 0 Å². The van der Waals surface area contributed by atoms with Crippen LogP contribution in [0.15, 0.2) is 42.6 Å². The fourth-order valence-electron chi connectivity index (χ4n) is 2.55. The molecule has 0 saturated carbocycles. The van der Waals surface area contributed by atoms with Crippen LogP contribution in [0.2, 0.25) is 5.02 Å². The van der Waals surface area contributed by atoms with Crippen LogP contribution in [0.3, 0.4) is 0 Å². The van der Waals surface area contributed by atoms with Gasteiger partial charge in [-0.1, -0.05) is 23.7 Å². The molecule has 0 aliphatic heterocycles. The molecule has 0 aliphatic carbocycles. The number of nitrogens with zero attached hydrogens (tertiary/aromatic N) is 1. The van der Waals surface area contributed by atoms with Gasteiger partial charge in [-0.15, -0.1) is 0 Å². The molecule has 1 N–H and O–H groups in total. The molecule has 3 aromatic rings. The number of halogens is 2. The lowest BCUT2D eigenvalue weighted by Crippen LogP contribution is -2.10. The minimum Gasteiger partial charge on any atom is -0.495 e. The number of hydrogen-bond donors (Lipinski definition) is 1. The minimum absolute atomic E-state index is 0.187. The van der Waals surface area contributed by atoms with E-state index in [1.165, 1.54) is 19.4 Å². The zero-order valence-corrected chi connectivity index (χ0v) is 14.9. The molecule has 26 heavy (non-hydrogen) atoms. The van der Waals surface area contributed by atoms with Crippen molar-refractivity contribution in [2.75, 3.05) is 19.0 Å². The first kappa shape index (κ1) is 17.9. The Hall–Kier alpha value is -2.86. The molecule has 7 heteroatoms. The summed E-state index contributed by atoms with van der Waals surface area (Å²) in [7, 11) is 1.49. The second kappa shape index (κ2) is 7.58. The average Bonchev–Trinajstić information content (AvgIpc) is 2.63. The van der Waals surface area contributed by atoms with Crippen molar-refractivity contribution in [1.82, 2.24) is 4.98 Å². The number of benzene rings is 2. The first-order chi connectivity index (χ1) is 12.5. The maximum atomic E-state index is 14.1. The molecule has 0 spiro atoms. The van der Waals surface area contributed by atoms with E-state index in [-0.39, 0.29) is 17.9 Å². The largest absolute Gasteiger partial charge is 0.495 e. The Morgan fingerprint density at radius 2 is 2.08 bits per heavy atom. The lowest BCUT2D eigenvalue weighted by Gasteiger charge is -2.15. The van der Waals surface area contributed by atoms with E-state index >= 15 is 0 Å². The summed E-state index contributed by atoms with van der Waals surface area (Å²) in [5.41, 5.74) is 1.31. The Morgan fingerprint density at radius 1 is 1.31 bits per heavy atom. The van der Waals surface area contributed by atoms with Gasteiger partial charge in [-0.3, -0.25) is 4.98 Å². The Morgan fingerprint density at radius 3 is 2.77 bits per heavy atom. The van der Waals surface area contributed by atoms with Crippen LogP contribution in [0.25, 0.3) is 10.9 Å². The molecule has 1 heterocycles. The minimum atomic E-state index is -0.561. The van der Waals surface area contributed by atoms with Crippen LogP contribution >= 0.6 is 11.6 Å². The second-order valence-electron chi connectivity index (χ2n) is 5.38. The molecule has 134 valence electrons. The monoisotopic (exact) mass is 374 g/mol. The van der Waals surface area contributed by atoms with E-state index in [4.69, 9.17) is 21.1 Å². The number of rotatable bonds is 5.